The van der Waals surface area contributed by atoms with Gasteiger partial charge in [0, 0.05) is 14.9 Å². The predicted octanol–water partition coefficient (Wildman–Crippen LogP) is 5.87. The van der Waals surface area contributed by atoms with Gasteiger partial charge in [-0.15, -0.1) is 0 Å². The lowest BCUT2D eigenvalue weighted by Crippen LogP contribution is -1.95. The minimum absolute atomic E-state index is 0.297. The summed E-state index contributed by atoms with van der Waals surface area (Å²) in [5.74, 6) is 0.711. The quantitative estimate of drug-likeness (QED) is 0.610. The third kappa shape index (κ3) is 4.34. The molecule has 1 aromatic rings. The summed E-state index contributed by atoms with van der Waals surface area (Å²) < 4.78 is 0. The summed E-state index contributed by atoms with van der Waals surface area (Å²) in [5.41, 5.74) is 1.09. The van der Waals surface area contributed by atoms with Crippen LogP contribution in [0, 0.1) is 5.92 Å². The fourth-order valence-corrected chi connectivity index (χ4v) is 2.59. The van der Waals surface area contributed by atoms with Gasteiger partial charge in [0.05, 0.1) is 0 Å². The van der Waals surface area contributed by atoms with E-state index in [9.17, 15) is 0 Å². The zero-order valence-electron chi connectivity index (χ0n) is 8.93. The second kappa shape index (κ2) is 6.12. The van der Waals surface area contributed by atoms with Gasteiger partial charge in [-0.05, 0) is 42.5 Å². The van der Waals surface area contributed by atoms with E-state index in [-0.39, 0.29) is 0 Å². The molecular formula is C12H15BrCl2. The molecule has 1 unspecified atom stereocenters. The molecule has 0 spiro atoms. The van der Waals surface area contributed by atoms with E-state index in [1.807, 2.05) is 18.2 Å². The van der Waals surface area contributed by atoms with Crippen LogP contribution in [-0.2, 0) is 0 Å². The van der Waals surface area contributed by atoms with E-state index in [1.165, 1.54) is 6.42 Å². The Bertz CT molecular complexity index is 323. The minimum atomic E-state index is 0.297. The molecule has 0 bridgehead atoms. The average Bonchev–Trinajstić information content (AvgIpc) is 2.18. The molecule has 0 heterocycles. The Morgan fingerprint density at radius 3 is 2.47 bits per heavy atom. The van der Waals surface area contributed by atoms with Crippen molar-refractivity contribution in [2.75, 3.05) is 0 Å². The Labute approximate surface area is 110 Å². The van der Waals surface area contributed by atoms with Gasteiger partial charge in [0.2, 0.25) is 0 Å². The molecule has 1 aromatic carbocycles. The highest BCUT2D eigenvalue weighted by molar-refractivity contribution is 9.09. The van der Waals surface area contributed by atoms with Crippen LogP contribution in [0.15, 0.2) is 18.2 Å². The molecule has 0 nitrogen and oxygen atoms in total. The number of hydrogen-bond donors (Lipinski definition) is 0. The standard InChI is InChI=1S/C12H15BrCl2/c1-8(2)3-5-11(13)10-7-9(14)4-6-12(10)15/h4,6-8,11H,3,5H2,1-2H3. The topological polar surface area (TPSA) is 0 Å². The first-order chi connectivity index (χ1) is 7.00. The van der Waals surface area contributed by atoms with Crippen molar-refractivity contribution in [1.82, 2.24) is 0 Å². The van der Waals surface area contributed by atoms with Crippen LogP contribution in [0.25, 0.3) is 0 Å². The molecule has 3 heteroatoms. The lowest BCUT2D eigenvalue weighted by molar-refractivity contribution is 0.554. The van der Waals surface area contributed by atoms with E-state index in [2.05, 4.69) is 29.8 Å². The van der Waals surface area contributed by atoms with Gasteiger partial charge >= 0.3 is 0 Å². The molecule has 0 radical (unpaired) electrons. The Balaban J connectivity index is 2.72. The highest BCUT2D eigenvalue weighted by Crippen LogP contribution is 2.35. The van der Waals surface area contributed by atoms with Crippen molar-refractivity contribution in [3.05, 3.63) is 33.8 Å². The van der Waals surface area contributed by atoms with Crippen LogP contribution in [0.4, 0.5) is 0 Å². The van der Waals surface area contributed by atoms with Crippen molar-refractivity contribution in [3.63, 3.8) is 0 Å². The molecule has 15 heavy (non-hydrogen) atoms. The van der Waals surface area contributed by atoms with E-state index in [0.29, 0.717) is 10.7 Å². The van der Waals surface area contributed by atoms with Crippen LogP contribution in [-0.4, -0.2) is 0 Å². The van der Waals surface area contributed by atoms with Gasteiger partial charge in [0.1, 0.15) is 0 Å². The van der Waals surface area contributed by atoms with Gasteiger partial charge in [-0.3, -0.25) is 0 Å². The first-order valence-corrected chi connectivity index (χ1v) is 6.77. The Hall–Kier alpha value is 0.280. The fourth-order valence-electron chi connectivity index (χ4n) is 1.39. The summed E-state index contributed by atoms with van der Waals surface area (Å²) in [5, 5.41) is 1.52. The van der Waals surface area contributed by atoms with Crippen LogP contribution in [0.1, 0.15) is 37.1 Å². The summed E-state index contributed by atoms with van der Waals surface area (Å²) in [6.07, 6.45) is 2.26. The molecule has 1 rings (SSSR count). The van der Waals surface area contributed by atoms with Crippen molar-refractivity contribution in [2.45, 2.75) is 31.5 Å². The maximum absolute atomic E-state index is 6.12. The molecule has 0 aliphatic heterocycles. The molecule has 0 aliphatic carbocycles. The van der Waals surface area contributed by atoms with Crippen LogP contribution >= 0.6 is 39.1 Å². The predicted molar refractivity (Wildman–Crippen MR) is 72.2 cm³/mol. The number of alkyl halides is 1. The normalized spacial score (nSPS) is 13.2. The average molecular weight is 310 g/mol. The molecule has 0 fully saturated rings. The van der Waals surface area contributed by atoms with Crippen LogP contribution < -0.4 is 0 Å². The highest BCUT2D eigenvalue weighted by Gasteiger charge is 2.12. The molecule has 1 atom stereocenters. The third-order valence-corrected chi connectivity index (χ3v) is 3.82. The van der Waals surface area contributed by atoms with Crippen LogP contribution in [0.2, 0.25) is 10.0 Å². The van der Waals surface area contributed by atoms with Crippen molar-refractivity contribution in [2.24, 2.45) is 5.92 Å². The molecular weight excluding hydrogens is 295 g/mol. The van der Waals surface area contributed by atoms with E-state index < -0.39 is 0 Å². The summed E-state index contributed by atoms with van der Waals surface area (Å²) in [6.45, 7) is 4.44. The van der Waals surface area contributed by atoms with Gasteiger partial charge in [-0.2, -0.15) is 0 Å². The van der Waals surface area contributed by atoms with Gasteiger partial charge in [0.15, 0.2) is 0 Å². The maximum Gasteiger partial charge on any atom is 0.0450 e. The fraction of sp³-hybridized carbons (Fsp3) is 0.500. The number of hydrogen-bond acceptors (Lipinski definition) is 0. The van der Waals surface area contributed by atoms with E-state index >= 15 is 0 Å². The molecule has 0 saturated heterocycles. The smallest absolute Gasteiger partial charge is 0.0450 e. The first kappa shape index (κ1) is 13.3. The highest BCUT2D eigenvalue weighted by atomic mass is 79.9. The number of halogens is 3. The summed E-state index contributed by atoms with van der Waals surface area (Å²) in [7, 11) is 0. The molecule has 0 aromatic heterocycles. The Morgan fingerprint density at radius 1 is 1.20 bits per heavy atom. The molecule has 0 N–H and O–H groups in total. The second-order valence-electron chi connectivity index (χ2n) is 4.10. The number of rotatable bonds is 4. The third-order valence-electron chi connectivity index (χ3n) is 2.29. The zero-order valence-corrected chi connectivity index (χ0v) is 12.0. The van der Waals surface area contributed by atoms with Gasteiger partial charge < -0.3 is 0 Å². The lowest BCUT2D eigenvalue weighted by atomic mass is 10.0. The summed E-state index contributed by atoms with van der Waals surface area (Å²) >= 11 is 15.7. The first-order valence-electron chi connectivity index (χ1n) is 5.09. The SMILES string of the molecule is CC(C)CCC(Br)c1cc(Cl)ccc1Cl. The van der Waals surface area contributed by atoms with E-state index in [0.717, 1.165) is 22.0 Å². The molecule has 0 aliphatic rings. The van der Waals surface area contributed by atoms with Crippen molar-refractivity contribution >= 4 is 39.1 Å². The lowest BCUT2D eigenvalue weighted by Gasteiger charge is -2.13. The van der Waals surface area contributed by atoms with E-state index in [1.54, 1.807) is 0 Å². The summed E-state index contributed by atoms with van der Waals surface area (Å²) in [6, 6.07) is 5.60. The molecule has 84 valence electrons. The van der Waals surface area contributed by atoms with Gasteiger partial charge in [-0.25, -0.2) is 0 Å². The zero-order chi connectivity index (χ0) is 11.4. The number of benzene rings is 1. The second-order valence-corrected chi connectivity index (χ2v) is 6.05. The largest absolute Gasteiger partial charge is 0.0843 e. The van der Waals surface area contributed by atoms with Crippen LogP contribution in [0.3, 0.4) is 0 Å². The Morgan fingerprint density at radius 2 is 1.87 bits per heavy atom. The van der Waals surface area contributed by atoms with Crippen molar-refractivity contribution in [1.29, 1.82) is 0 Å². The monoisotopic (exact) mass is 308 g/mol. The van der Waals surface area contributed by atoms with Gasteiger partial charge in [-0.1, -0.05) is 53.0 Å². The summed E-state index contributed by atoms with van der Waals surface area (Å²) in [4.78, 5) is 0.297. The van der Waals surface area contributed by atoms with Crippen molar-refractivity contribution < 1.29 is 0 Å². The van der Waals surface area contributed by atoms with Gasteiger partial charge in [0.25, 0.3) is 0 Å². The molecule has 0 amide bonds. The van der Waals surface area contributed by atoms with Crippen LogP contribution in [0.5, 0.6) is 0 Å². The minimum Gasteiger partial charge on any atom is -0.0843 e. The molecule has 0 saturated carbocycles. The van der Waals surface area contributed by atoms with E-state index in [4.69, 9.17) is 23.2 Å². The van der Waals surface area contributed by atoms with Crippen molar-refractivity contribution in [3.8, 4) is 0 Å². The maximum atomic E-state index is 6.12. The Kier molecular flexibility index (Phi) is 5.45.